The van der Waals surface area contributed by atoms with Crippen molar-refractivity contribution in [2.24, 2.45) is 5.73 Å². The number of hydrogen-bond acceptors (Lipinski definition) is 4. The Bertz CT molecular complexity index is 724. The summed E-state index contributed by atoms with van der Waals surface area (Å²) in [5, 5.41) is 0.756. The molecule has 1 aliphatic rings. The lowest BCUT2D eigenvalue weighted by Gasteiger charge is -2.39. The third-order valence-electron chi connectivity index (χ3n) is 4.87. The summed E-state index contributed by atoms with van der Waals surface area (Å²) in [6.07, 6.45) is 0. The number of ether oxygens (including phenoxy) is 1. The maximum Gasteiger partial charge on any atom is 0.243 e. The monoisotopic (exact) mass is 459 g/mol. The Labute approximate surface area is 190 Å². The SMILES string of the molecule is Cl.Cl.NC(=O)COCCN1CCN(C(c2ccccc2)c2ccc(Cl)cc2)CC1. The molecule has 29 heavy (non-hydrogen) atoms. The molecule has 1 amide bonds. The van der Waals surface area contributed by atoms with E-state index in [4.69, 9.17) is 22.1 Å². The Kier molecular flexibility index (Phi) is 11.6. The normalized spacial score (nSPS) is 15.8. The summed E-state index contributed by atoms with van der Waals surface area (Å²) < 4.78 is 5.28. The van der Waals surface area contributed by atoms with Gasteiger partial charge in [0.15, 0.2) is 0 Å². The number of primary amides is 1. The zero-order valence-electron chi connectivity index (χ0n) is 16.2. The van der Waals surface area contributed by atoms with E-state index < -0.39 is 5.91 Å². The summed E-state index contributed by atoms with van der Waals surface area (Å²) in [5.74, 6) is -0.423. The molecule has 5 nitrogen and oxygen atoms in total. The maximum atomic E-state index is 10.7. The number of rotatable bonds is 8. The number of amides is 1. The smallest absolute Gasteiger partial charge is 0.243 e. The summed E-state index contributed by atoms with van der Waals surface area (Å²) in [6, 6.07) is 19.0. The lowest BCUT2D eigenvalue weighted by molar-refractivity contribution is -0.122. The predicted octanol–water partition coefficient (Wildman–Crippen LogP) is 3.39. The highest BCUT2D eigenvalue weighted by Crippen LogP contribution is 2.30. The molecule has 0 bridgehead atoms. The van der Waals surface area contributed by atoms with Gasteiger partial charge in [-0.05, 0) is 23.3 Å². The van der Waals surface area contributed by atoms with Crippen molar-refractivity contribution in [3.05, 3.63) is 70.7 Å². The average Bonchev–Trinajstić information content (AvgIpc) is 2.69. The highest BCUT2D eigenvalue weighted by molar-refractivity contribution is 6.30. The quantitative estimate of drug-likeness (QED) is 0.614. The second-order valence-corrected chi connectivity index (χ2v) is 7.20. The molecule has 1 heterocycles. The summed E-state index contributed by atoms with van der Waals surface area (Å²) in [5.41, 5.74) is 7.63. The zero-order chi connectivity index (χ0) is 19.1. The van der Waals surface area contributed by atoms with Gasteiger partial charge >= 0.3 is 0 Å². The molecule has 0 saturated carbocycles. The van der Waals surface area contributed by atoms with Crippen molar-refractivity contribution < 1.29 is 9.53 Å². The zero-order valence-corrected chi connectivity index (χ0v) is 18.6. The molecule has 0 spiro atoms. The van der Waals surface area contributed by atoms with E-state index in [0.29, 0.717) is 6.61 Å². The van der Waals surface area contributed by atoms with E-state index in [1.165, 1.54) is 11.1 Å². The number of nitrogens with zero attached hydrogens (tertiary/aromatic N) is 2. The minimum absolute atomic E-state index is 0. The van der Waals surface area contributed by atoms with Gasteiger partial charge < -0.3 is 10.5 Å². The second kappa shape index (κ2) is 13.1. The minimum atomic E-state index is -0.423. The molecule has 8 heteroatoms. The van der Waals surface area contributed by atoms with E-state index >= 15 is 0 Å². The van der Waals surface area contributed by atoms with Crippen LogP contribution in [0.25, 0.3) is 0 Å². The number of halogens is 3. The maximum absolute atomic E-state index is 10.7. The molecular weight excluding hydrogens is 433 g/mol. The molecule has 2 aromatic rings. The largest absolute Gasteiger partial charge is 0.370 e. The summed E-state index contributed by atoms with van der Waals surface area (Å²) in [6.45, 7) is 5.22. The van der Waals surface area contributed by atoms with Crippen LogP contribution in [0.1, 0.15) is 17.2 Å². The van der Waals surface area contributed by atoms with Crippen molar-refractivity contribution in [2.45, 2.75) is 6.04 Å². The molecule has 0 aliphatic carbocycles. The van der Waals surface area contributed by atoms with Crippen LogP contribution in [-0.4, -0.2) is 61.6 Å². The van der Waals surface area contributed by atoms with Crippen LogP contribution in [0, 0.1) is 0 Å². The number of carbonyl (C=O) groups excluding carboxylic acids is 1. The van der Waals surface area contributed by atoms with E-state index in [1.54, 1.807) is 0 Å². The van der Waals surface area contributed by atoms with Crippen LogP contribution in [0.4, 0.5) is 0 Å². The van der Waals surface area contributed by atoms with Gasteiger partial charge in [0.05, 0.1) is 12.6 Å². The third-order valence-corrected chi connectivity index (χ3v) is 5.12. The highest BCUT2D eigenvalue weighted by atomic mass is 35.5. The summed E-state index contributed by atoms with van der Waals surface area (Å²) in [7, 11) is 0. The summed E-state index contributed by atoms with van der Waals surface area (Å²) >= 11 is 6.09. The molecular formula is C21H28Cl3N3O2. The van der Waals surface area contributed by atoms with Gasteiger partial charge in [-0.2, -0.15) is 0 Å². The molecule has 1 aliphatic heterocycles. The second-order valence-electron chi connectivity index (χ2n) is 6.76. The Morgan fingerprint density at radius 2 is 1.55 bits per heavy atom. The lowest BCUT2D eigenvalue weighted by atomic mass is 9.96. The van der Waals surface area contributed by atoms with Gasteiger partial charge in [-0.15, -0.1) is 24.8 Å². The van der Waals surface area contributed by atoms with Crippen LogP contribution < -0.4 is 5.73 Å². The van der Waals surface area contributed by atoms with Crippen LogP contribution in [0.5, 0.6) is 0 Å². The van der Waals surface area contributed by atoms with Crippen LogP contribution >= 0.6 is 36.4 Å². The molecule has 1 saturated heterocycles. The van der Waals surface area contributed by atoms with Crippen molar-refractivity contribution >= 4 is 42.3 Å². The van der Waals surface area contributed by atoms with Crippen LogP contribution in [0.15, 0.2) is 54.6 Å². The molecule has 1 unspecified atom stereocenters. The van der Waals surface area contributed by atoms with E-state index in [9.17, 15) is 4.79 Å². The first-order valence-corrected chi connectivity index (χ1v) is 9.64. The first-order chi connectivity index (χ1) is 13.1. The fourth-order valence-electron chi connectivity index (χ4n) is 3.51. The van der Waals surface area contributed by atoms with Gasteiger partial charge in [-0.3, -0.25) is 14.6 Å². The molecule has 0 radical (unpaired) electrons. The van der Waals surface area contributed by atoms with Gasteiger partial charge in [0.2, 0.25) is 5.91 Å². The van der Waals surface area contributed by atoms with Gasteiger partial charge in [0.1, 0.15) is 6.61 Å². The van der Waals surface area contributed by atoms with Crippen molar-refractivity contribution in [1.29, 1.82) is 0 Å². The number of hydrogen-bond donors (Lipinski definition) is 1. The molecule has 2 N–H and O–H groups in total. The van der Waals surface area contributed by atoms with Crippen molar-refractivity contribution in [1.82, 2.24) is 9.80 Å². The number of benzene rings is 2. The van der Waals surface area contributed by atoms with Crippen molar-refractivity contribution in [2.75, 3.05) is 45.9 Å². The first kappa shape index (κ1) is 25.7. The van der Waals surface area contributed by atoms with E-state index in [-0.39, 0.29) is 37.5 Å². The molecule has 0 aromatic heterocycles. The number of piperazine rings is 1. The minimum Gasteiger partial charge on any atom is -0.370 e. The van der Waals surface area contributed by atoms with E-state index in [0.717, 1.165) is 37.7 Å². The Hall–Kier alpha value is -1.34. The van der Waals surface area contributed by atoms with Gasteiger partial charge in [0.25, 0.3) is 0 Å². The van der Waals surface area contributed by atoms with E-state index in [1.807, 2.05) is 18.2 Å². The topological polar surface area (TPSA) is 58.8 Å². The number of carbonyl (C=O) groups is 1. The molecule has 2 aromatic carbocycles. The van der Waals surface area contributed by atoms with Gasteiger partial charge in [0, 0.05) is 37.7 Å². The van der Waals surface area contributed by atoms with Gasteiger partial charge in [-0.1, -0.05) is 54.1 Å². The predicted molar refractivity (Wildman–Crippen MR) is 122 cm³/mol. The summed E-state index contributed by atoms with van der Waals surface area (Å²) in [4.78, 5) is 15.6. The third kappa shape index (κ3) is 7.78. The standard InChI is InChI=1S/C21H26ClN3O2.2ClH/c22-19-8-6-18(7-9-19)21(17-4-2-1-3-5-17)25-12-10-24(11-13-25)14-15-27-16-20(23)26;;/h1-9,21H,10-16H2,(H2,23,26);2*1H. The van der Waals surface area contributed by atoms with Crippen LogP contribution in [0.2, 0.25) is 5.02 Å². The molecule has 3 rings (SSSR count). The van der Waals surface area contributed by atoms with E-state index in [2.05, 4.69) is 46.2 Å². The fraction of sp³-hybridized carbons (Fsp3) is 0.381. The first-order valence-electron chi connectivity index (χ1n) is 9.26. The van der Waals surface area contributed by atoms with Crippen molar-refractivity contribution in [3.63, 3.8) is 0 Å². The van der Waals surface area contributed by atoms with Crippen LogP contribution in [-0.2, 0) is 9.53 Å². The highest BCUT2D eigenvalue weighted by Gasteiger charge is 2.26. The van der Waals surface area contributed by atoms with Crippen LogP contribution in [0.3, 0.4) is 0 Å². The van der Waals surface area contributed by atoms with Crippen molar-refractivity contribution in [3.8, 4) is 0 Å². The molecule has 1 fully saturated rings. The Balaban J connectivity index is 0.00000210. The molecule has 1 atom stereocenters. The Morgan fingerprint density at radius 3 is 2.14 bits per heavy atom. The fourth-order valence-corrected chi connectivity index (χ4v) is 3.63. The Morgan fingerprint density at radius 1 is 0.966 bits per heavy atom. The number of nitrogens with two attached hydrogens (primary N) is 1. The van der Waals surface area contributed by atoms with Gasteiger partial charge in [-0.25, -0.2) is 0 Å². The molecule has 160 valence electrons. The average molecular weight is 461 g/mol. The lowest BCUT2D eigenvalue weighted by Crippen LogP contribution is -2.48.